The van der Waals surface area contributed by atoms with Crippen molar-refractivity contribution in [2.24, 2.45) is 35.1 Å². The van der Waals surface area contributed by atoms with Gasteiger partial charge in [0, 0.05) is 32.0 Å². The van der Waals surface area contributed by atoms with Crippen molar-refractivity contribution in [3.63, 3.8) is 0 Å². The molecule has 2 unspecified atom stereocenters. The Morgan fingerprint density at radius 1 is 0.839 bits per heavy atom. The number of aliphatic carboxylic acids is 2. The monoisotopic (exact) mass is 872 g/mol. The summed E-state index contributed by atoms with van der Waals surface area (Å²) in [5.41, 5.74) is 11.6. The van der Waals surface area contributed by atoms with Gasteiger partial charge < -0.3 is 63.6 Å². The number of carbonyl (C=O) groups is 8. The van der Waals surface area contributed by atoms with Crippen LogP contribution in [0.5, 0.6) is 5.75 Å². The number of phenolic OH excluding ortho intramolecular Hbond substituents is 1. The molecule has 0 spiro atoms. The van der Waals surface area contributed by atoms with Gasteiger partial charge >= 0.3 is 11.9 Å². The summed E-state index contributed by atoms with van der Waals surface area (Å²) >= 11 is 0. The van der Waals surface area contributed by atoms with Crippen LogP contribution in [0.25, 0.3) is 0 Å². The number of guanidine groups is 1. The molecule has 14 N–H and O–H groups in total. The molecule has 1 aromatic rings. The second-order valence-electron chi connectivity index (χ2n) is 16.6. The van der Waals surface area contributed by atoms with E-state index in [1.54, 1.807) is 32.9 Å². The lowest BCUT2D eigenvalue weighted by atomic mass is 9.74. The topological polar surface area (TPSA) is 349 Å². The molecule has 344 valence electrons. The minimum atomic E-state index is -1.47. The number of nitrogens with two attached hydrogens (primary N) is 2. The third-order valence-corrected chi connectivity index (χ3v) is 11.4. The highest BCUT2D eigenvalue weighted by Gasteiger charge is 2.42. The Kier molecular flexibility index (Phi) is 19.4. The molecule has 2 fully saturated rings. The maximum Gasteiger partial charge on any atom is 0.326 e. The minimum Gasteiger partial charge on any atom is -0.508 e. The van der Waals surface area contributed by atoms with E-state index in [1.165, 1.54) is 17.0 Å². The summed E-state index contributed by atoms with van der Waals surface area (Å²) in [4.78, 5) is 105. The van der Waals surface area contributed by atoms with E-state index in [0.29, 0.717) is 44.2 Å². The number of hydrogen-bond donors (Lipinski definition) is 12. The second-order valence-corrected chi connectivity index (χ2v) is 16.6. The predicted octanol–water partition coefficient (Wildman–Crippen LogP) is -1.14. The molecule has 3 rings (SSSR count). The Balaban J connectivity index is 1.75. The van der Waals surface area contributed by atoms with Crippen molar-refractivity contribution in [3.05, 3.63) is 29.8 Å². The fourth-order valence-corrected chi connectivity index (χ4v) is 7.42. The Bertz CT molecular complexity index is 1770. The first kappa shape index (κ1) is 50.4. The first-order valence-corrected chi connectivity index (χ1v) is 21.1. The number of carboxylic acids is 2. The van der Waals surface area contributed by atoms with Crippen LogP contribution in [-0.2, 0) is 44.8 Å². The molecule has 1 heterocycles. The van der Waals surface area contributed by atoms with Gasteiger partial charge in [0.15, 0.2) is 5.96 Å². The fraction of sp³-hybridized carbons (Fsp3) is 0.634. The highest BCUT2D eigenvalue weighted by atomic mass is 16.4. The number of nitrogens with one attached hydrogen (secondary N) is 7. The van der Waals surface area contributed by atoms with Gasteiger partial charge in [0.05, 0.1) is 12.5 Å². The lowest BCUT2D eigenvalue weighted by molar-refractivity contribution is -0.152. The van der Waals surface area contributed by atoms with Crippen LogP contribution in [-0.4, -0.2) is 129 Å². The van der Waals surface area contributed by atoms with Crippen LogP contribution < -0.4 is 43.4 Å². The smallest absolute Gasteiger partial charge is 0.326 e. The van der Waals surface area contributed by atoms with Gasteiger partial charge in [-0.2, -0.15) is 0 Å². The quantitative estimate of drug-likeness (QED) is 0.0332. The van der Waals surface area contributed by atoms with Gasteiger partial charge in [-0.05, 0) is 74.0 Å². The van der Waals surface area contributed by atoms with Crippen molar-refractivity contribution in [1.29, 1.82) is 5.41 Å². The molecule has 21 nitrogen and oxygen atoms in total. The van der Waals surface area contributed by atoms with Crippen LogP contribution >= 0.6 is 0 Å². The van der Waals surface area contributed by atoms with Crippen molar-refractivity contribution in [2.75, 3.05) is 19.6 Å². The van der Waals surface area contributed by atoms with Crippen molar-refractivity contribution >= 4 is 53.3 Å². The van der Waals surface area contributed by atoms with Gasteiger partial charge in [-0.3, -0.25) is 39.0 Å². The Morgan fingerprint density at radius 2 is 1.45 bits per heavy atom. The van der Waals surface area contributed by atoms with Crippen molar-refractivity contribution in [1.82, 2.24) is 36.8 Å². The van der Waals surface area contributed by atoms with E-state index in [0.717, 1.165) is 0 Å². The number of benzene rings is 1. The first-order valence-electron chi connectivity index (χ1n) is 21.1. The maximum absolute atomic E-state index is 14.1. The summed E-state index contributed by atoms with van der Waals surface area (Å²) in [6, 6.07) is -1.19. The van der Waals surface area contributed by atoms with Crippen LogP contribution in [0.1, 0.15) is 84.6 Å². The van der Waals surface area contributed by atoms with E-state index in [9.17, 15) is 48.6 Å². The molecule has 2 aliphatic rings. The van der Waals surface area contributed by atoms with Crippen LogP contribution in [0.2, 0.25) is 0 Å². The maximum atomic E-state index is 14.1. The highest BCUT2D eigenvalue weighted by molar-refractivity contribution is 5.96. The number of nitrogens with zero attached hydrogens (tertiary/aromatic N) is 1. The van der Waals surface area contributed by atoms with Crippen molar-refractivity contribution in [2.45, 2.75) is 122 Å². The molecule has 1 aliphatic carbocycles. The molecule has 6 amide bonds. The first-order chi connectivity index (χ1) is 29.2. The number of amides is 6. The molecule has 1 aromatic carbocycles. The Hall–Kier alpha value is -5.99. The number of likely N-dealkylation sites (tertiary alicyclic amines) is 1. The van der Waals surface area contributed by atoms with Crippen LogP contribution in [0.15, 0.2) is 24.3 Å². The van der Waals surface area contributed by atoms with Gasteiger partial charge in [-0.15, -0.1) is 0 Å². The van der Waals surface area contributed by atoms with E-state index < -0.39 is 90.1 Å². The molecule has 0 aromatic heterocycles. The minimum absolute atomic E-state index is 0.0136. The van der Waals surface area contributed by atoms with E-state index in [4.69, 9.17) is 22.0 Å². The highest BCUT2D eigenvalue weighted by Crippen LogP contribution is 2.36. The summed E-state index contributed by atoms with van der Waals surface area (Å²) in [7, 11) is 0. The normalized spacial score (nSPS) is 19.9. The lowest BCUT2D eigenvalue weighted by Crippen LogP contribution is -2.61. The molecule has 1 saturated heterocycles. The van der Waals surface area contributed by atoms with E-state index in [1.807, 2.05) is 6.92 Å². The standard InChI is InChI=1S/C41H64N10O11/c1-5-22(4)33(37(58)46-20-24-16-25(17-24)39(60)51-15-7-9-30(51)40(61)62)50-36(57)29(18-23-10-12-26(52)13-11-23)48-38(59)32(21(2)3)49-35(56)28(8-6-14-45-41(43)44)47-34(55)27(42)19-31(53)54/h10-13,21-22,24-25,27-30,32-33,52H,5-9,14-20,42H2,1-4H3,(H,46,58)(H,47,55)(H,48,59)(H,49,56)(H,50,57)(H,53,54)(H,61,62)(H4,43,44,45)/t22?,24-,25+,27-,28-,29?,30-,32-,33-/m0/s1. The van der Waals surface area contributed by atoms with E-state index >= 15 is 0 Å². The number of phenols is 1. The average Bonchev–Trinajstić information content (AvgIpc) is 3.69. The van der Waals surface area contributed by atoms with Gasteiger partial charge in [-0.25, -0.2) is 4.79 Å². The fourth-order valence-electron chi connectivity index (χ4n) is 7.42. The number of carboxylic acid groups (broad SMARTS) is 2. The van der Waals surface area contributed by atoms with Gasteiger partial charge in [0.1, 0.15) is 36.0 Å². The molecule has 0 radical (unpaired) electrons. The number of rotatable bonds is 24. The predicted molar refractivity (Wildman–Crippen MR) is 225 cm³/mol. The average molecular weight is 873 g/mol. The van der Waals surface area contributed by atoms with E-state index in [2.05, 4.69) is 31.9 Å². The van der Waals surface area contributed by atoms with Crippen LogP contribution in [0.3, 0.4) is 0 Å². The number of hydrogen-bond acceptors (Lipinski definition) is 11. The summed E-state index contributed by atoms with van der Waals surface area (Å²) in [6.07, 6.45) is 1.95. The third-order valence-electron chi connectivity index (χ3n) is 11.4. The van der Waals surface area contributed by atoms with Crippen LogP contribution in [0.4, 0.5) is 0 Å². The van der Waals surface area contributed by atoms with E-state index in [-0.39, 0.29) is 67.7 Å². The zero-order valence-electron chi connectivity index (χ0n) is 35.8. The number of aromatic hydroxyl groups is 1. The van der Waals surface area contributed by atoms with Gasteiger partial charge in [0.25, 0.3) is 0 Å². The molecular formula is C41H64N10O11. The Morgan fingerprint density at radius 3 is 2.03 bits per heavy atom. The lowest BCUT2D eigenvalue weighted by Gasteiger charge is -2.38. The summed E-state index contributed by atoms with van der Waals surface area (Å²) in [5.74, 6) is -7.79. The molecule has 1 saturated carbocycles. The Labute approximate surface area is 360 Å². The van der Waals surface area contributed by atoms with Gasteiger partial charge in [-0.1, -0.05) is 46.2 Å². The molecule has 21 heteroatoms. The van der Waals surface area contributed by atoms with Gasteiger partial charge in [0.2, 0.25) is 35.4 Å². The summed E-state index contributed by atoms with van der Waals surface area (Å²) in [5, 5.41) is 51.9. The molecule has 1 aliphatic heterocycles. The molecular weight excluding hydrogens is 809 g/mol. The zero-order valence-corrected chi connectivity index (χ0v) is 35.8. The molecule has 7 atom stereocenters. The molecule has 62 heavy (non-hydrogen) atoms. The third kappa shape index (κ3) is 15.2. The van der Waals surface area contributed by atoms with Crippen LogP contribution in [0, 0.1) is 29.1 Å². The summed E-state index contributed by atoms with van der Waals surface area (Å²) < 4.78 is 0. The SMILES string of the molecule is CCC(C)[C@H](NC(=O)C(Cc1ccc(O)cc1)NC(=O)[C@@H](NC(=O)[C@H](CCCNC(=N)N)NC(=O)[C@@H](N)CC(=O)O)C(C)C)C(=O)NC[C@H]1C[C@@H](C(=O)N2CCC[C@H]2C(=O)O)C1. The number of carbonyl (C=O) groups excluding carboxylic acids is 6. The zero-order chi connectivity index (χ0) is 46.3. The van der Waals surface area contributed by atoms with Crippen molar-refractivity contribution < 1.29 is 53.7 Å². The van der Waals surface area contributed by atoms with Crippen molar-refractivity contribution in [3.8, 4) is 5.75 Å². The largest absolute Gasteiger partial charge is 0.508 e. The second kappa shape index (κ2) is 23.9. The molecule has 0 bridgehead atoms. The summed E-state index contributed by atoms with van der Waals surface area (Å²) in [6.45, 7) is 7.73.